The molecular formula is C38H20N4S. The number of hydrogen-bond donors (Lipinski definition) is 0. The molecule has 9 rings (SSSR count). The van der Waals surface area contributed by atoms with Crippen LogP contribution >= 0.6 is 11.3 Å². The summed E-state index contributed by atoms with van der Waals surface area (Å²) in [6.45, 7) is 8.12. The van der Waals surface area contributed by atoms with E-state index < -0.39 is 0 Å². The van der Waals surface area contributed by atoms with Crippen molar-refractivity contribution in [2.45, 2.75) is 0 Å². The maximum atomic E-state index is 10.9. The first-order chi connectivity index (χ1) is 21.3. The van der Waals surface area contributed by atoms with Crippen LogP contribution in [0.5, 0.6) is 0 Å². The fourth-order valence-electron chi connectivity index (χ4n) is 6.84. The second kappa shape index (κ2) is 8.81. The molecule has 43 heavy (non-hydrogen) atoms. The first-order valence-electron chi connectivity index (χ1n) is 14.1. The molecule has 6 aromatic carbocycles. The van der Waals surface area contributed by atoms with Crippen LogP contribution in [-0.2, 0) is 0 Å². The zero-order chi connectivity index (χ0) is 28.7. The van der Waals surface area contributed by atoms with Gasteiger partial charge in [-0.05, 0) is 36.4 Å². The molecule has 0 spiro atoms. The quantitative estimate of drug-likeness (QED) is 0.192. The van der Waals surface area contributed by atoms with Crippen molar-refractivity contribution in [2.24, 2.45) is 0 Å². The molecule has 0 fully saturated rings. The molecule has 0 radical (unpaired) electrons. The Balaban J connectivity index is 1.45. The van der Waals surface area contributed by atoms with Crippen LogP contribution in [0.4, 0.5) is 5.69 Å². The van der Waals surface area contributed by atoms with Gasteiger partial charge in [0.25, 0.3) is 0 Å². The van der Waals surface area contributed by atoms with Crippen LogP contribution in [0, 0.1) is 17.9 Å². The Morgan fingerprint density at radius 2 is 1.19 bits per heavy atom. The molecule has 0 bridgehead atoms. The molecule has 0 N–H and O–H groups in total. The van der Waals surface area contributed by atoms with Crippen molar-refractivity contribution in [3.8, 4) is 17.4 Å². The number of rotatable bonds is 2. The maximum absolute atomic E-state index is 10.9. The number of hydrogen-bond acceptors (Lipinski definition) is 2. The van der Waals surface area contributed by atoms with Crippen LogP contribution in [0.1, 0.15) is 5.56 Å². The molecule has 4 nitrogen and oxygen atoms in total. The summed E-state index contributed by atoms with van der Waals surface area (Å²) in [5, 5.41) is 17.9. The van der Waals surface area contributed by atoms with Gasteiger partial charge in [-0.15, -0.1) is 11.3 Å². The highest BCUT2D eigenvalue weighted by atomic mass is 32.1. The van der Waals surface area contributed by atoms with Crippen LogP contribution < -0.4 is 0 Å². The largest absolute Gasteiger partial charge is 0.318 e. The monoisotopic (exact) mass is 564 g/mol. The SMILES string of the molecule is [C-]#[N+]c1ccc(-n2c3ccccc3c3c4sc5ccccc5c4ccc32)c(C#N)c1-n1c2ccccc2c2ccccc21. The van der Waals surface area contributed by atoms with Crippen LogP contribution in [0.25, 0.3) is 80.0 Å². The van der Waals surface area contributed by atoms with Gasteiger partial charge in [-0.1, -0.05) is 84.9 Å². The molecule has 3 heterocycles. The molecule has 9 aromatic rings. The fraction of sp³-hybridized carbons (Fsp3) is 0. The van der Waals surface area contributed by atoms with E-state index in [1.165, 1.54) is 25.6 Å². The molecule has 0 saturated carbocycles. The van der Waals surface area contributed by atoms with E-state index in [0.717, 1.165) is 43.9 Å². The number of nitrogens with zero attached hydrogens (tertiary/aromatic N) is 4. The molecule has 198 valence electrons. The first-order valence-corrected chi connectivity index (χ1v) is 14.9. The minimum absolute atomic E-state index is 0.444. The average Bonchev–Trinajstić information content (AvgIpc) is 3.71. The molecule has 0 aliphatic carbocycles. The summed E-state index contributed by atoms with van der Waals surface area (Å²) in [7, 11) is 0. The van der Waals surface area contributed by atoms with Crippen molar-refractivity contribution in [3.63, 3.8) is 0 Å². The van der Waals surface area contributed by atoms with E-state index in [0.29, 0.717) is 16.9 Å². The van der Waals surface area contributed by atoms with Gasteiger partial charge in [-0.3, -0.25) is 0 Å². The molecule has 0 aliphatic heterocycles. The Morgan fingerprint density at radius 1 is 0.581 bits per heavy atom. The minimum Gasteiger partial charge on any atom is -0.318 e. The summed E-state index contributed by atoms with van der Waals surface area (Å²) >= 11 is 1.81. The summed E-state index contributed by atoms with van der Waals surface area (Å²) in [6.07, 6.45) is 0. The van der Waals surface area contributed by atoms with E-state index in [4.69, 9.17) is 6.57 Å². The van der Waals surface area contributed by atoms with Crippen molar-refractivity contribution in [1.82, 2.24) is 9.13 Å². The van der Waals surface area contributed by atoms with Crippen LogP contribution in [0.2, 0.25) is 0 Å². The molecule has 0 unspecified atom stereocenters. The lowest BCUT2D eigenvalue weighted by atomic mass is 10.1. The first kappa shape index (κ1) is 23.8. The normalized spacial score (nSPS) is 11.7. The number of aromatic nitrogens is 2. The van der Waals surface area contributed by atoms with Crippen molar-refractivity contribution >= 4 is 80.8 Å². The van der Waals surface area contributed by atoms with Crippen molar-refractivity contribution in [1.29, 1.82) is 5.26 Å². The summed E-state index contributed by atoms with van der Waals surface area (Å²) in [4.78, 5) is 3.93. The summed E-state index contributed by atoms with van der Waals surface area (Å²) in [5.74, 6) is 0. The van der Waals surface area contributed by atoms with Gasteiger partial charge < -0.3 is 9.13 Å². The number of fused-ring (bicyclic) bond motifs is 10. The van der Waals surface area contributed by atoms with Crippen LogP contribution in [0.3, 0.4) is 0 Å². The molecule has 0 amide bonds. The summed E-state index contributed by atoms with van der Waals surface area (Å²) in [5.41, 5.74) is 6.30. The highest BCUT2D eigenvalue weighted by Crippen LogP contribution is 2.45. The van der Waals surface area contributed by atoms with Gasteiger partial charge in [0.15, 0.2) is 0 Å². The van der Waals surface area contributed by atoms with E-state index >= 15 is 0 Å². The molecule has 5 heteroatoms. The second-order valence-corrected chi connectivity index (χ2v) is 11.8. The van der Waals surface area contributed by atoms with E-state index in [1.807, 2.05) is 53.8 Å². The predicted octanol–water partition coefficient (Wildman–Crippen LogP) is 10.7. The van der Waals surface area contributed by atoms with Gasteiger partial charge in [0.2, 0.25) is 5.69 Å². The number of benzene rings is 6. The lowest BCUT2D eigenvalue weighted by Gasteiger charge is -2.17. The molecule has 0 aliphatic rings. The zero-order valence-corrected chi connectivity index (χ0v) is 23.6. The van der Waals surface area contributed by atoms with Gasteiger partial charge in [-0.2, -0.15) is 5.26 Å². The average molecular weight is 565 g/mol. The van der Waals surface area contributed by atoms with E-state index in [2.05, 4.69) is 98.9 Å². The van der Waals surface area contributed by atoms with Crippen molar-refractivity contribution in [2.75, 3.05) is 0 Å². The van der Waals surface area contributed by atoms with Gasteiger partial charge in [-0.25, -0.2) is 4.85 Å². The predicted molar refractivity (Wildman–Crippen MR) is 179 cm³/mol. The third kappa shape index (κ3) is 3.12. The number of nitriles is 1. The third-order valence-corrected chi connectivity index (χ3v) is 9.80. The molecule has 0 atom stereocenters. The highest BCUT2D eigenvalue weighted by Gasteiger charge is 2.24. The zero-order valence-electron chi connectivity index (χ0n) is 22.7. The van der Waals surface area contributed by atoms with Gasteiger partial charge in [0.05, 0.1) is 45.6 Å². The smallest absolute Gasteiger partial charge is 0.212 e. The van der Waals surface area contributed by atoms with Crippen molar-refractivity contribution < 1.29 is 0 Å². The van der Waals surface area contributed by atoms with E-state index in [-0.39, 0.29) is 0 Å². The Bertz CT molecular complexity index is 2650. The van der Waals surface area contributed by atoms with Crippen LogP contribution in [-0.4, -0.2) is 9.13 Å². The second-order valence-electron chi connectivity index (χ2n) is 10.7. The maximum Gasteiger partial charge on any atom is 0.212 e. The number of thiophene rings is 1. The standard InChI is InChI=1S/C38H20N4S/c1-40-29-19-21-33(28(22-39)37(29)42-30-14-6-2-10-23(30)24-11-3-7-15-31(24)42)41-32-16-8-4-13-27(32)36-34(41)20-18-26-25-12-5-9-17-35(25)43-38(26)36/h2-21H. The van der Waals surface area contributed by atoms with Crippen LogP contribution in [0.15, 0.2) is 121 Å². The number of para-hydroxylation sites is 3. The molecule has 0 saturated heterocycles. The van der Waals surface area contributed by atoms with Gasteiger partial charge in [0, 0.05) is 41.7 Å². The van der Waals surface area contributed by atoms with Crippen molar-refractivity contribution in [3.05, 3.63) is 138 Å². The lowest BCUT2D eigenvalue weighted by molar-refractivity contribution is 1.12. The van der Waals surface area contributed by atoms with Gasteiger partial charge in [0.1, 0.15) is 6.07 Å². The van der Waals surface area contributed by atoms with Gasteiger partial charge >= 0.3 is 0 Å². The Kier molecular flexibility index (Phi) is 4.87. The Morgan fingerprint density at radius 3 is 1.86 bits per heavy atom. The topological polar surface area (TPSA) is 38.0 Å². The summed E-state index contributed by atoms with van der Waals surface area (Å²) < 4.78 is 6.80. The minimum atomic E-state index is 0.444. The molecule has 3 aromatic heterocycles. The Hall–Kier alpha value is -5.88. The summed E-state index contributed by atoms with van der Waals surface area (Å²) in [6, 6.07) is 44.1. The third-order valence-electron chi connectivity index (χ3n) is 8.59. The van der Waals surface area contributed by atoms with E-state index in [9.17, 15) is 5.26 Å². The lowest BCUT2D eigenvalue weighted by Crippen LogP contribution is -2.04. The molecular weight excluding hydrogens is 545 g/mol. The fourth-order valence-corrected chi connectivity index (χ4v) is 8.10. The highest BCUT2D eigenvalue weighted by molar-refractivity contribution is 7.26. The van der Waals surface area contributed by atoms with E-state index in [1.54, 1.807) is 0 Å². The Labute approximate surface area is 250 Å².